The zero-order valence-electron chi connectivity index (χ0n) is 5.58. The fourth-order valence-corrected chi connectivity index (χ4v) is 0.857. The van der Waals surface area contributed by atoms with Crippen molar-refractivity contribution in [3.63, 3.8) is 0 Å². The summed E-state index contributed by atoms with van der Waals surface area (Å²) in [6.45, 7) is 0.843. The molecule has 1 heterocycles. The molecule has 0 spiro atoms. The van der Waals surface area contributed by atoms with Crippen LogP contribution >= 0.6 is 0 Å². The highest BCUT2D eigenvalue weighted by atomic mass is 16.7. The molecule has 0 aromatic carbocycles. The summed E-state index contributed by atoms with van der Waals surface area (Å²) in [7, 11) is 0.687. The maximum absolute atomic E-state index is 10.1. The van der Waals surface area contributed by atoms with Crippen LogP contribution in [0.15, 0.2) is 0 Å². The predicted molar refractivity (Wildman–Crippen MR) is 35.1 cm³/mol. The Hall–Kier alpha value is -0.545. The molecule has 0 bridgehead atoms. The molecule has 1 fully saturated rings. The van der Waals surface area contributed by atoms with E-state index in [1.54, 1.807) is 0 Å². The Balaban J connectivity index is 2.19. The molecule has 0 aromatic rings. The second kappa shape index (κ2) is 3.58. The van der Waals surface area contributed by atoms with E-state index in [-0.39, 0.29) is 19.2 Å². The first-order valence-corrected chi connectivity index (χ1v) is 3.20. The average Bonchev–Trinajstić information content (AvgIpc) is 1.88. The molecule has 10 heavy (non-hydrogen) atoms. The van der Waals surface area contributed by atoms with E-state index in [9.17, 15) is 4.79 Å². The molecule has 0 amide bonds. The van der Waals surface area contributed by atoms with E-state index < -0.39 is 5.97 Å². The van der Waals surface area contributed by atoms with Crippen molar-refractivity contribution >= 4 is 13.2 Å². The number of ether oxygens (including phenoxy) is 2. The van der Waals surface area contributed by atoms with Gasteiger partial charge in [-0.15, -0.1) is 0 Å². The van der Waals surface area contributed by atoms with Gasteiger partial charge in [-0.05, 0) is 0 Å². The largest absolute Gasteiger partial charge is 0.481 e. The first kappa shape index (κ1) is 7.56. The molecule has 0 aromatic heterocycles. The minimum Gasteiger partial charge on any atom is -0.481 e. The Bertz CT molecular complexity index is 121. The van der Waals surface area contributed by atoms with E-state index in [2.05, 4.69) is 0 Å². The summed E-state index contributed by atoms with van der Waals surface area (Å²) in [5, 5.41) is 8.34. The molecule has 4 nitrogen and oxygen atoms in total. The molecule has 1 aliphatic heterocycles. The summed E-state index contributed by atoms with van der Waals surface area (Å²) in [5.74, 6) is -0.813. The van der Waals surface area contributed by atoms with Crippen LogP contribution in [0, 0.1) is 0 Å². The number of hydrogen-bond donors (Lipinski definition) is 1. The van der Waals surface area contributed by atoms with E-state index in [0.29, 0.717) is 13.8 Å². The van der Waals surface area contributed by atoms with Gasteiger partial charge in [-0.3, -0.25) is 4.79 Å². The van der Waals surface area contributed by atoms with Gasteiger partial charge in [-0.1, -0.05) is 0 Å². The van der Waals surface area contributed by atoms with Crippen molar-refractivity contribution in [1.82, 2.24) is 0 Å². The molecule has 0 radical (unpaired) electrons. The van der Waals surface area contributed by atoms with E-state index in [1.165, 1.54) is 0 Å². The van der Waals surface area contributed by atoms with E-state index in [1.807, 2.05) is 0 Å². The highest BCUT2D eigenvalue weighted by Crippen LogP contribution is 2.01. The smallest absolute Gasteiger partial charge is 0.305 e. The van der Waals surface area contributed by atoms with Crippen LogP contribution in [0.2, 0.25) is 0 Å². The number of aliphatic carboxylic acids is 1. The molecule has 1 atom stereocenters. The lowest BCUT2D eigenvalue weighted by Crippen LogP contribution is -2.33. The van der Waals surface area contributed by atoms with Crippen molar-refractivity contribution in [3.8, 4) is 0 Å². The molecular formula is C5H9BO4. The van der Waals surface area contributed by atoms with Gasteiger partial charge in [0.05, 0.1) is 6.42 Å². The van der Waals surface area contributed by atoms with Crippen LogP contribution in [-0.2, 0) is 14.3 Å². The Morgan fingerprint density at radius 2 is 2.60 bits per heavy atom. The number of carboxylic acid groups (broad SMARTS) is 1. The Kier molecular flexibility index (Phi) is 2.71. The Morgan fingerprint density at radius 3 is 3.10 bits per heavy atom. The number of carbonyl (C=O) groups is 1. The number of hydrogen-bond acceptors (Lipinski definition) is 3. The van der Waals surface area contributed by atoms with Crippen LogP contribution < -0.4 is 0 Å². The van der Waals surface area contributed by atoms with Crippen LogP contribution in [0.1, 0.15) is 6.42 Å². The monoisotopic (exact) mass is 144 g/mol. The summed E-state index contributed by atoms with van der Waals surface area (Å²) in [5.41, 5.74) is 0. The van der Waals surface area contributed by atoms with Gasteiger partial charge < -0.3 is 14.6 Å². The fourth-order valence-electron chi connectivity index (χ4n) is 0.857. The van der Waals surface area contributed by atoms with Gasteiger partial charge in [0.25, 0.3) is 0 Å². The van der Waals surface area contributed by atoms with E-state index in [4.69, 9.17) is 14.6 Å². The maximum Gasteiger partial charge on any atom is 0.305 e. The Morgan fingerprint density at radius 1 is 1.80 bits per heavy atom. The minimum atomic E-state index is -0.813. The van der Waals surface area contributed by atoms with Crippen LogP contribution in [-0.4, -0.2) is 37.7 Å². The highest BCUT2D eigenvalue weighted by molar-refractivity contribution is 6.37. The second-order valence-corrected chi connectivity index (χ2v) is 2.20. The first-order valence-electron chi connectivity index (χ1n) is 3.20. The normalized spacial score (nSPS) is 25.4. The molecule has 0 saturated carbocycles. The molecule has 56 valence electrons. The third-order valence-corrected chi connectivity index (χ3v) is 1.37. The van der Waals surface area contributed by atoms with E-state index in [0.717, 1.165) is 0 Å². The van der Waals surface area contributed by atoms with Gasteiger partial charge >= 0.3 is 5.97 Å². The van der Waals surface area contributed by atoms with Gasteiger partial charge in [0, 0.05) is 12.5 Å². The first-order chi connectivity index (χ1) is 4.79. The lowest BCUT2D eigenvalue weighted by molar-refractivity contribution is -0.142. The predicted octanol–water partition coefficient (Wildman–Crippen LogP) is -0.815. The summed E-state index contributed by atoms with van der Waals surface area (Å²) < 4.78 is 9.85. The van der Waals surface area contributed by atoms with Crippen molar-refractivity contribution < 1.29 is 19.4 Å². The average molecular weight is 144 g/mol. The lowest BCUT2D eigenvalue weighted by Gasteiger charge is -2.19. The standard InChI is InChI=1S/C5H9BO4/c7-5(8)1-4-6-2-9-3-10-4/h4,6H,1-3H2,(H,7,8). The third-order valence-electron chi connectivity index (χ3n) is 1.37. The topological polar surface area (TPSA) is 55.8 Å². The molecule has 1 saturated heterocycles. The van der Waals surface area contributed by atoms with Crippen molar-refractivity contribution in [2.45, 2.75) is 12.4 Å². The van der Waals surface area contributed by atoms with Crippen molar-refractivity contribution in [1.29, 1.82) is 0 Å². The summed E-state index contributed by atoms with van der Waals surface area (Å²) in [6.07, 6.45) is 0.0867. The zero-order valence-corrected chi connectivity index (χ0v) is 5.58. The van der Waals surface area contributed by atoms with Gasteiger partial charge in [0.2, 0.25) is 0 Å². The van der Waals surface area contributed by atoms with Crippen molar-refractivity contribution in [3.05, 3.63) is 0 Å². The number of rotatable bonds is 2. The molecular weight excluding hydrogens is 135 g/mol. The molecule has 1 unspecified atom stereocenters. The van der Waals surface area contributed by atoms with Crippen LogP contribution in [0.3, 0.4) is 0 Å². The fraction of sp³-hybridized carbons (Fsp3) is 0.800. The molecule has 0 aliphatic carbocycles. The van der Waals surface area contributed by atoms with Gasteiger partial charge in [-0.2, -0.15) is 0 Å². The summed E-state index contributed by atoms with van der Waals surface area (Å²) in [6, 6.07) is -0.147. The van der Waals surface area contributed by atoms with Gasteiger partial charge in [-0.25, -0.2) is 0 Å². The second-order valence-electron chi connectivity index (χ2n) is 2.20. The summed E-state index contributed by atoms with van der Waals surface area (Å²) >= 11 is 0. The van der Waals surface area contributed by atoms with Gasteiger partial charge in [0.1, 0.15) is 6.79 Å². The van der Waals surface area contributed by atoms with Crippen molar-refractivity contribution in [2.24, 2.45) is 0 Å². The molecule has 1 N–H and O–H groups in total. The maximum atomic E-state index is 10.1. The summed E-state index contributed by atoms with van der Waals surface area (Å²) in [4.78, 5) is 10.1. The van der Waals surface area contributed by atoms with Crippen LogP contribution in [0.5, 0.6) is 0 Å². The molecule has 1 aliphatic rings. The van der Waals surface area contributed by atoms with Crippen LogP contribution in [0.25, 0.3) is 0 Å². The number of carboxylic acids is 1. The lowest BCUT2D eigenvalue weighted by atomic mass is 9.71. The zero-order chi connectivity index (χ0) is 7.40. The molecule has 1 rings (SSSR count). The van der Waals surface area contributed by atoms with E-state index >= 15 is 0 Å². The Labute approximate surface area is 59.4 Å². The third kappa shape index (κ3) is 2.37. The molecule has 5 heteroatoms. The quantitative estimate of drug-likeness (QED) is 0.514. The SMILES string of the molecule is O=C(O)CC1BCOCO1. The van der Waals surface area contributed by atoms with Crippen molar-refractivity contribution in [2.75, 3.05) is 13.3 Å². The van der Waals surface area contributed by atoms with Gasteiger partial charge in [0.15, 0.2) is 7.28 Å². The van der Waals surface area contributed by atoms with Crippen LogP contribution in [0.4, 0.5) is 0 Å². The minimum absolute atomic E-state index is 0.0867. The highest BCUT2D eigenvalue weighted by Gasteiger charge is 2.18.